The molecule has 2 rings (SSSR count). The number of carbonyl (C=O) groups is 1. The maximum absolute atomic E-state index is 12.0. The predicted octanol–water partition coefficient (Wildman–Crippen LogP) is 2.60. The van der Waals surface area contributed by atoms with E-state index in [2.05, 4.69) is 29.2 Å². The van der Waals surface area contributed by atoms with Gasteiger partial charge in [-0.25, -0.2) is 4.98 Å². The van der Waals surface area contributed by atoms with Crippen LogP contribution in [0.3, 0.4) is 0 Å². The van der Waals surface area contributed by atoms with Gasteiger partial charge in [0.1, 0.15) is 10.8 Å². The first kappa shape index (κ1) is 14.6. The molecule has 1 heterocycles. The lowest BCUT2D eigenvalue weighted by molar-refractivity contribution is 0.0934. The quantitative estimate of drug-likeness (QED) is 0.850. The summed E-state index contributed by atoms with van der Waals surface area (Å²) in [5, 5.41) is 3.42. The van der Waals surface area contributed by atoms with Crippen molar-refractivity contribution >= 4 is 29.1 Å². The van der Waals surface area contributed by atoms with Crippen molar-refractivity contribution in [3.63, 3.8) is 0 Å². The number of hydrogen-bond donors (Lipinski definition) is 1. The van der Waals surface area contributed by atoms with Crippen molar-refractivity contribution in [2.75, 3.05) is 13.6 Å². The third-order valence-corrected chi connectivity index (χ3v) is 3.92. The van der Waals surface area contributed by atoms with E-state index in [0.29, 0.717) is 17.6 Å². The standard InChI is InChI=1S/C13H17Cl2N3O/c1-8(18(2)9-3-4-9)7-16-13(19)12-10(14)5-6-11(15)17-12/h5-6,8-9H,3-4,7H2,1-2H3,(H,16,19). The zero-order valence-corrected chi connectivity index (χ0v) is 12.5. The van der Waals surface area contributed by atoms with Crippen LogP contribution in [0.1, 0.15) is 30.3 Å². The fourth-order valence-electron chi connectivity index (χ4n) is 1.89. The van der Waals surface area contributed by atoms with Crippen molar-refractivity contribution in [1.82, 2.24) is 15.2 Å². The van der Waals surface area contributed by atoms with Gasteiger partial charge in [0, 0.05) is 18.6 Å². The van der Waals surface area contributed by atoms with Gasteiger partial charge in [-0.15, -0.1) is 0 Å². The number of amides is 1. The van der Waals surface area contributed by atoms with Gasteiger partial charge in [0.25, 0.3) is 5.91 Å². The fraction of sp³-hybridized carbons (Fsp3) is 0.538. The molecular formula is C13H17Cl2N3O. The monoisotopic (exact) mass is 301 g/mol. The topological polar surface area (TPSA) is 45.2 Å². The number of aromatic nitrogens is 1. The molecule has 4 nitrogen and oxygen atoms in total. The molecule has 1 amide bonds. The fourth-order valence-corrected chi connectivity index (χ4v) is 2.23. The highest BCUT2D eigenvalue weighted by atomic mass is 35.5. The molecule has 0 bridgehead atoms. The van der Waals surface area contributed by atoms with Gasteiger partial charge in [-0.2, -0.15) is 0 Å². The van der Waals surface area contributed by atoms with E-state index in [0.717, 1.165) is 0 Å². The van der Waals surface area contributed by atoms with E-state index < -0.39 is 0 Å². The third-order valence-electron chi connectivity index (χ3n) is 3.40. The van der Waals surface area contributed by atoms with Crippen LogP contribution in [0.5, 0.6) is 0 Å². The summed E-state index contributed by atoms with van der Waals surface area (Å²) in [4.78, 5) is 18.2. The average Bonchev–Trinajstić information content (AvgIpc) is 3.21. The molecule has 1 aromatic heterocycles. The maximum atomic E-state index is 12.0. The minimum absolute atomic E-state index is 0.176. The summed E-state index contributed by atoms with van der Waals surface area (Å²) < 4.78 is 0. The molecular weight excluding hydrogens is 285 g/mol. The second-order valence-corrected chi connectivity index (χ2v) is 5.71. The lowest BCUT2D eigenvalue weighted by Gasteiger charge is -2.24. The summed E-state index contributed by atoms with van der Waals surface area (Å²) in [6, 6.07) is 4.09. The molecule has 0 aliphatic heterocycles. The summed E-state index contributed by atoms with van der Waals surface area (Å²) >= 11 is 11.7. The molecule has 0 spiro atoms. The number of likely N-dealkylation sites (N-methyl/N-ethyl adjacent to an activating group) is 1. The van der Waals surface area contributed by atoms with Crippen LogP contribution in [0.25, 0.3) is 0 Å². The highest BCUT2D eigenvalue weighted by Crippen LogP contribution is 2.26. The minimum atomic E-state index is -0.288. The lowest BCUT2D eigenvalue weighted by atomic mass is 10.2. The van der Waals surface area contributed by atoms with Gasteiger partial charge < -0.3 is 5.32 Å². The first-order valence-corrected chi connectivity index (χ1v) is 7.07. The Hall–Kier alpha value is -0.840. The molecule has 0 radical (unpaired) electrons. The number of rotatable bonds is 5. The number of hydrogen-bond acceptors (Lipinski definition) is 3. The van der Waals surface area contributed by atoms with Crippen molar-refractivity contribution in [3.8, 4) is 0 Å². The summed E-state index contributed by atoms with van der Waals surface area (Å²) in [5.41, 5.74) is 0.176. The zero-order valence-electron chi connectivity index (χ0n) is 11.0. The molecule has 1 N–H and O–H groups in total. The predicted molar refractivity (Wildman–Crippen MR) is 76.8 cm³/mol. The summed E-state index contributed by atoms with van der Waals surface area (Å²) in [7, 11) is 2.08. The largest absolute Gasteiger partial charge is 0.349 e. The Morgan fingerprint density at radius 3 is 2.84 bits per heavy atom. The smallest absolute Gasteiger partial charge is 0.271 e. The summed E-state index contributed by atoms with van der Waals surface area (Å²) in [5.74, 6) is -0.288. The van der Waals surface area contributed by atoms with Gasteiger partial charge in [-0.3, -0.25) is 9.69 Å². The van der Waals surface area contributed by atoms with Crippen LogP contribution in [-0.2, 0) is 0 Å². The second-order valence-electron chi connectivity index (χ2n) is 4.92. The Labute approximate surface area is 123 Å². The van der Waals surface area contributed by atoms with Crippen molar-refractivity contribution < 1.29 is 4.79 Å². The van der Waals surface area contributed by atoms with Gasteiger partial charge in [0.2, 0.25) is 0 Å². The highest BCUT2D eigenvalue weighted by Gasteiger charge is 2.29. The van der Waals surface area contributed by atoms with E-state index >= 15 is 0 Å². The number of pyridine rings is 1. The van der Waals surface area contributed by atoms with E-state index in [1.165, 1.54) is 12.8 Å². The van der Waals surface area contributed by atoms with E-state index in [-0.39, 0.29) is 22.8 Å². The maximum Gasteiger partial charge on any atom is 0.271 e. The summed E-state index contributed by atoms with van der Waals surface area (Å²) in [6.45, 7) is 2.65. The number of carbonyl (C=O) groups excluding carboxylic acids is 1. The van der Waals surface area contributed by atoms with E-state index in [9.17, 15) is 4.79 Å². The zero-order chi connectivity index (χ0) is 14.0. The molecule has 0 aromatic carbocycles. The van der Waals surface area contributed by atoms with E-state index in [1.54, 1.807) is 12.1 Å². The van der Waals surface area contributed by atoms with E-state index in [1.807, 2.05) is 0 Å². The van der Waals surface area contributed by atoms with Crippen molar-refractivity contribution in [1.29, 1.82) is 0 Å². The normalized spacial score (nSPS) is 16.5. The van der Waals surface area contributed by atoms with Crippen molar-refractivity contribution in [2.45, 2.75) is 31.8 Å². The first-order valence-electron chi connectivity index (χ1n) is 6.31. The molecule has 6 heteroatoms. The van der Waals surface area contributed by atoms with Gasteiger partial charge in [-0.05, 0) is 38.9 Å². The van der Waals surface area contributed by atoms with Crippen LogP contribution in [0, 0.1) is 0 Å². The van der Waals surface area contributed by atoms with E-state index in [4.69, 9.17) is 23.2 Å². The van der Waals surface area contributed by atoms with Gasteiger partial charge in [-0.1, -0.05) is 23.2 Å². The van der Waals surface area contributed by atoms with Crippen LogP contribution in [0.4, 0.5) is 0 Å². The van der Waals surface area contributed by atoms with Crippen LogP contribution in [-0.4, -0.2) is 41.5 Å². The second kappa shape index (κ2) is 6.07. The molecule has 1 atom stereocenters. The third kappa shape index (κ3) is 3.81. The molecule has 1 aliphatic carbocycles. The van der Waals surface area contributed by atoms with Crippen LogP contribution >= 0.6 is 23.2 Å². The Morgan fingerprint density at radius 2 is 2.21 bits per heavy atom. The Balaban J connectivity index is 1.91. The molecule has 1 aromatic rings. The van der Waals surface area contributed by atoms with Crippen LogP contribution in [0.2, 0.25) is 10.2 Å². The minimum Gasteiger partial charge on any atom is -0.349 e. The highest BCUT2D eigenvalue weighted by molar-refractivity contribution is 6.34. The van der Waals surface area contributed by atoms with Gasteiger partial charge >= 0.3 is 0 Å². The van der Waals surface area contributed by atoms with Crippen LogP contribution < -0.4 is 5.32 Å². The van der Waals surface area contributed by atoms with Crippen molar-refractivity contribution in [2.24, 2.45) is 0 Å². The Morgan fingerprint density at radius 1 is 1.53 bits per heavy atom. The van der Waals surface area contributed by atoms with Crippen LogP contribution in [0.15, 0.2) is 12.1 Å². The number of nitrogens with zero attached hydrogens (tertiary/aromatic N) is 2. The molecule has 19 heavy (non-hydrogen) atoms. The molecule has 1 unspecified atom stereocenters. The van der Waals surface area contributed by atoms with Gasteiger partial charge in [0.15, 0.2) is 0 Å². The Bertz CT molecular complexity index is 477. The lowest BCUT2D eigenvalue weighted by Crippen LogP contribution is -2.41. The molecule has 0 saturated heterocycles. The number of nitrogens with one attached hydrogen (secondary N) is 1. The SMILES string of the molecule is CC(CNC(=O)c1nc(Cl)ccc1Cl)N(C)C1CC1. The molecule has 1 fully saturated rings. The van der Waals surface area contributed by atoms with Gasteiger partial charge in [0.05, 0.1) is 5.02 Å². The molecule has 1 aliphatic rings. The number of halogens is 2. The molecule has 1 saturated carbocycles. The first-order chi connectivity index (χ1) is 8.99. The summed E-state index contributed by atoms with van der Waals surface area (Å²) in [6.07, 6.45) is 2.49. The average molecular weight is 302 g/mol. The Kier molecular flexibility index (Phi) is 4.66. The molecule has 104 valence electrons. The van der Waals surface area contributed by atoms with Crippen molar-refractivity contribution in [3.05, 3.63) is 28.0 Å².